The van der Waals surface area contributed by atoms with Crippen molar-refractivity contribution in [2.75, 3.05) is 5.73 Å². The second-order valence-electron chi connectivity index (χ2n) is 6.12. The van der Waals surface area contributed by atoms with Crippen molar-refractivity contribution in [2.45, 2.75) is 45.1 Å². The predicted octanol–water partition coefficient (Wildman–Crippen LogP) is 3.45. The minimum atomic E-state index is 0.0211. The third kappa shape index (κ3) is 2.89. The van der Waals surface area contributed by atoms with Crippen LogP contribution in [0.3, 0.4) is 0 Å². The molecular weight excluding hydrogens is 262 g/mol. The first kappa shape index (κ1) is 14.0. The Hall–Kier alpha value is -1.97. The van der Waals surface area contributed by atoms with E-state index < -0.39 is 0 Å². The van der Waals surface area contributed by atoms with Gasteiger partial charge in [-0.2, -0.15) is 0 Å². The Labute approximate surface area is 125 Å². The van der Waals surface area contributed by atoms with E-state index in [1.165, 1.54) is 19.3 Å². The summed E-state index contributed by atoms with van der Waals surface area (Å²) in [6.07, 6.45) is 7.70. The van der Waals surface area contributed by atoms with Crippen LogP contribution >= 0.6 is 0 Å². The number of benzene rings is 1. The number of aromatic nitrogens is 1. The van der Waals surface area contributed by atoms with Crippen molar-refractivity contribution < 1.29 is 4.79 Å². The van der Waals surface area contributed by atoms with Crippen LogP contribution in [0.2, 0.25) is 0 Å². The summed E-state index contributed by atoms with van der Waals surface area (Å²) in [5.41, 5.74) is 8.10. The topological polar surface area (TPSA) is 70.9 Å². The molecule has 4 N–H and O–H groups in total. The van der Waals surface area contributed by atoms with E-state index in [9.17, 15) is 4.79 Å². The van der Waals surface area contributed by atoms with Crippen LogP contribution in [0, 0.1) is 5.92 Å². The van der Waals surface area contributed by atoms with Gasteiger partial charge in [0.25, 0.3) is 5.91 Å². The largest absolute Gasteiger partial charge is 0.399 e. The zero-order valence-electron chi connectivity index (χ0n) is 12.5. The molecule has 112 valence electrons. The van der Waals surface area contributed by atoms with Gasteiger partial charge in [0.05, 0.1) is 5.56 Å². The molecule has 1 amide bonds. The van der Waals surface area contributed by atoms with Crippen LogP contribution in [0.25, 0.3) is 10.9 Å². The first-order valence-electron chi connectivity index (χ1n) is 7.85. The Balaban J connectivity index is 1.75. The molecule has 1 aliphatic rings. The molecule has 0 saturated heterocycles. The Kier molecular flexibility index (Phi) is 3.86. The quantitative estimate of drug-likeness (QED) is 0.756. The van der Waals surface area contributed by atoms with Crippen LogP contribution in [-0.2, 0) is 0 Å². The number of H-pyrrole nitrogens is 1. The molecule has 1 fully saturated rings. The zero-order valence-corrected chi connectivity index (χ0v) is 12.5. The number of fused-ring (bicyclic) bond motifs is 1. The number of hydrogen-bond acceptors (Lipinski definition) is 2. The van der Waals surface area contributed by atoms with Gasteiger partial charge in [0.2, 0.25) is 0 Å². The lowest BCUT2D eigenvalue weighted by atomic mass is 9.84. The smallest absolute Gasteiger partial charge is 0.253 e. The summed E-state index contributed by atoms with van der Waals surface area (Å²) in [6, 6.07) is 5.92. The Morgan fingerprint density at radius 2 is 2.29 bits per heavy atom. The third-order valence-electron chi connectivity index (χ3n) is 4.65. The molecule has 0 bridgehead atoms. The first-order chi connectivity index (χ1) is 10.2. The molecule has 0 radical (unpaired) electrons. The number of aromatic amines is 1. The van der Waals surface area contributed by atoms with E-state index in [1.54, 1.807) is 6.20 Å². The van der Waals surface area contributed by atoms with E-state index in [2.05, 4.69) is 17.2 Å². The lowest BCUT2D eigenvalue weighted by Gasteiger charge is -2.29. The van der Waals surface area contributed by atoms with Gasteiger partial charge in [-0.05, 0) is 37.0 Å². The molecule has 21 heavy (non-hydrogen) atoms. The van der Waals surface area contributed by atoms with Crippen molar-refractivity contribution in [1.82, 2.24) is 10.3 Å². The number of nitrogens with two attached hydrogens (primary N) is 1. The maximum atomic E-state index is 12.5. The second kappa shape index (κ2) is 5.80. The molecule has 1 heterocycles. The van der Waals surface area contributed by atoms with Crippen LogP contribution in [-0.4, -0.2) is 16.9 Å². The molecule has 1 saturated carbocycles. The number of hydrogen-bond donors (Lipinski definition) is 3. The fraction of sp³-hybridized carbons (Fsp3) is 0.471. The fourth-order valence-corrected chi connectivity index (χ4v) is 3.39. The second-order valence-corrected chi connectivity index (χ2v) is 6.12. The van der Waals surface area contributed by atoms with Gasteiger partial charge in [-0.25, -0.2) is 0 Å². The standard InChI is InChI=1S/C17H23N3O/c1-2-11-4-3-5-13(8-11)20-17(21)15-10-19-16-9-12(18)6-7-14(15)16/h6-7,9-11,13,19H,2-5,8,18H2,1H3,(H,20,21). The van der Waals surface area contributed by atoms with Gasteiger partial charge in [0, 0.05) is 28.8 Å². The highest BCUT2D eigenvalue weighted by Gasteiger charge is 2.23. The number of carbonyl (C=O) groups is 1. The number of rotatable bonds is 3. The lowest BCUT2D eigenvalue weighted by molar-refractivity contribution is 0.0921. The molecule has 3 rings (SSSR count). The molecule has 0 aliphatic heterocycles. The van der Waals surface area contributed by atoms with Crippen molar-refractivity contribution in [2.24, 2.45) is 5.92 Å². The summed E-state index contributed by atoms with van der Waals surface area (Å²) in [6.45, 7) is 2.24. The number of nitrogen functional groups attached to an aromatic ring is 1. The number of carbonyl (C=O) groups excluding carboxylic acids is 1. The van der Waals surface area contributed by atoms with Crippen LogP contribution in [0.5, 0.6) is 0 Å². The normalized spacial score (nSPS) is 22.3. The maximum Gasteiger partial charge on any atom is 0.253 e. The van der Waals surface area contributed by atoms with Crippen LogP contribution in [0.1, 0.15) is 49.4 Å². The van der Waals surface area contributed by atoms with E-state index in [4.69, 9.17) is 5.73 Å². The minimum absolute atomic E-state index is 0.0211. The average Bonchev–Trinajstić information content (AvgIpc) is 2.90. The van der Waals surface area contributed by atoms with E-state index in [1.807, 2.05) is 18.2 Å². The first-order valence-corrected chi connectivity index (χ1v) is 7.85. The van der Waals surface area contributed by atoms with E-state index in [0.717, 1.165) is 29.7 Å². The molecule has 2 unspecified atom stereocenters. The van der Waals surface area contributed by atoms with Crippen molar-refractivity contribution in [3.63, 3.8) is 0 Å². The van der Waals surface area contributed by atoms with Crippen molar-refractivity contribution in [3.05, 3.63) is 30.0 Å². The van der Waals surface area contributed by atoms with Gasteiger partial charge in [-0.15, -0.1) is 0 Å². The average molecular weight is 285 g/mol. The Morgan fingerprint density at radius 3 is 3.10 bits per heavy atom. The summed E-state index contributed by atoms with van der Waals surface area (Å²) < 4.78 is 0. The molecule has 1 aromatic carbocycles. The van der Waals surface area contributed by atoms with Gasteiger partial charge < -0.3 is 16.0 Å². The summed E-state index contributed by atoms with van der Waals surface area (Å²) in [5, 5.41) is 4.14. The molecule has 4 nitrogen and oxygen atoms in total. The monoisotopic (exact) mass is 285 g/mol. The van der Waals surface area contributed by atoms with Gasteiger partial charge in [0.1, 0.15) is 0 Å². The highest BCUT2D eigenvalue weighted by Crippen LogP contribution is 2.27. The summed E-state index contributed by atoms with van der Waals surface area (Å²) in [4.78, 5) is 15.6. The minimum Gasteiger partial charge on any atom is -0.399 e. The number of anilines is 1. The van der Waals surface area contributed by atoms with Crippen LogP contribution in [0.15, 0.2) is 24.4 Å². The third-order valence-corrected chi connectivity index (χ3v) is 4.65. The summed E-state index contributed by atoms with van der Waals surface area (Å²) >= 11 is 0. The summed E-state index contributed by atoms with van der Waals surface area (Å²) in [7, 11) is 0. The molecule has 0 spiro atoms. The highest BCUT2D eigenvalue weighted by atomic mass is 16.1. The molecule has 2 aromatic rings. The SMILES string of the molecule is CCC1CCCC(NC(=O)c2c[nH]c3cc(N)ccc23)C1. The molecular formula is C17H23N3O. The van der Waals surface area contributed by atoms with E-state index in [0.29, 0.717) is 17.3 Å². The maximum absolute atomic E-state index is 12.5. The van der Waals surface area contributed by atoms with Gasteiger partial charge in [0.15, 0.2) is 0 Å². The number of amides is 1. The molecule has 1 aromatic heterocycles. The van der Waals surface area contributed by atoms with Gasteiger partial charge in [-0.3, -0.25) is 4.79 Å². The van der Waals surface area contributed by atoms with Crippen LogP contribution < -0.4 is 11.1 Å². The Morgan fingerprint density at radius 1 is 1.43 bits per heavy atom. The van der Waals surface area contributed by atoms with Crippen LogP contribution in [0.4, 0.5) is 5.69 Å². The lowest BCUT2D eigenvalue weighted by Crippen LogP contribution is -2.38. The zero-order chi connectivity index (χ0) is 14.8. The predicted molar refractivity (Wildman–Crippen MR) is 86.2 cm³/mol. The molecule has 2 atom stereocenters. The van der Waals surface area contributed by atoms with E-state index >= 15 is 0 Å². The number of nitrogens with one attached hydrogen (secondary N) is 2. The summed E-state index contributed by atoms with van der Waals surface area (Å²) in [5.74, 6) is 0.777. The highest BCUT2D eigenvalue weighted by molar-refractivity contribution is 6.07. The molecule has 4 heteroatoms. The van der Waals surface area contributed by atoms with Gasteiger partial charge >= 0.3 is 0 Å². The van der Waals surface area contributed by atoms with Crippen molar-refractivity contribution in [3.8, 4) is 0 Å². The molecule has 1 aliphatic carbocycles. The van der Waals surface area contributed by atoms with Crippen molar-refractivity contribution >= 4 is 22.5 Å². The van der Waals surface area contributed by atoms with E-state index in [-0.39, 0.29) is 5.91 Å². The van der Waals surface area contributed by atoms with Gasteiger partial charge in [-0.1, -0.05) is 26.2 Å². The Bertz CT molecular complexity index is 647. The fourth-order valence-electron chi connectivity index (χ4n) is 3.39. The van der Waals surface area contributed by atoms with Crippen molar-refractivity contribution in [1.29, 1.82) is 0 Å².